The third-order valence-electron chi connectivity index (χ3n) is 5.33. The fourth-order valence-corrected chi connectivity index (χ4v) is 3.83. The predicted octanol–water partition coefficient (Wildman–Crippen LogP) is 2.82. The zero-order valence-electron chi connectivity index (χ0n) is 16.9. The maximum atomic E-state index is 13.4. The number of carbonyl (C=O) groups is 2. The van der Waals surface area contributed by atoms with Crippen LogP contribution < -0.4 is 10.2 Å². The van der Waals surface area contributed by atoms with Crippen LogP contribution >= 0.6 is 0 Å². The molecule has 8 heteroatoms. The van der Waals surface area contributed by atoms with Gasteiger partial charge in [0, 0.05) is 25.3 Å². The van der Waals surface area contributed by atoms with Gasteiger partial charge in [-0.25, -0.2) is 9.24 Å². The molecule has 2 fully saturated rings. The smallest absolute Gasteiger partial charge is 0.252 e. The number of halogens is 1. The van der Waals surface area contributed by atoms with Crippen molar-refractivity contribution in [3.8, 4) is 0 Å². The maximum Gasteiger partial charge on any atom is 0.252 e. The van der Waals surface area contributed by atoms with Crippen molar-refractivity contribution < 1.29 is 23.5 Å². The van der Waals surface area contributed by atoms with Gasteiger partial charge in [0.1, 0.15) is 5.82 Å². The molecule has 1 N–H and O–H groups in total. The molecule has 1 amide bonds. The van der Waals surface area contributed by atoms with Crippen LogP contribution in [0.25, 0.3) is 4.85 Å². The molecule has 0 spiro atoms. The highest BCUT2D eigenvalue weighted by molar-refractivity contribution is 5.91. The third-order valence-corrected chi connectivity index (χ3v) is 5.33. The van der Waals surface area contributed by atoms with Crippen molar-refractivity contribution in [3.05, 3.63) is 35.4 Å². The number of hydrogen-bond acceptors (Lipinski definition) is 5. The number of nitrogens with one attached hydrogen (secondary N) is 1. The summed E-state index contributed by atoms with van der Waals surface area (Å²) in [5.41, 5.74) is 1.06. The summed E-state index contributed by atoms with van der Waals surface area (Å²) in [5, 5.41) is 2.89. The highest BCUT2D eigenvalue weighted by Crippen LogP contribution is 2.33. The number of hydrogen-bond donors (Lipinski definition) is 1. The maximum absolute atomic E-state index is 13.4. The number of anilines is 1. The Morgan fingerprint density at radius 1 is 1.28 bits per heavy atom. The number of Topliss-reactive ketones (excluding diaryl/α,β-unsaturated/α-hetero) is 1. The average Bonchev–Trinajstić information content (AvgIpc) is 3.02. The number of piperidine rings is 1. The fraction of sp³-hybridized carbons (Fsp3) is 0.571. The van der Waals surface area contributed by atoms with E-state index >= 15 is 0 Å². The molecule has 0 unspecified atom stereocenters. The van der Waals surface area contributed by atoms with Crippen molar-refractivity contribution in [2.75, 3.05) is 24.5 Å². The summed E-state index contributed by atoms with van der Waals surface area (Å²) < 4.78 is 24.5. The van der Waals surface area contributed by atoms with Crippen LogP contribution in [0, 0.1) is 18.3 Å². The minimum absolute atomic E-state index is 0.237. The Labute approximate surface area is 170 Å². The SMILES string of the molecule is [C-]#[N+]c1cc(F)ccc1N1CCC(CNC(=O)[C@@H]2OC(C)(C)O[C@H]2C(C)=O)CC1. The number of ether oxygens (including phenoxy) is 2. The average molecular weight is 403 g/mol. The lowest BCUT2D eigenvalue weighted by atomic mass is 9.96. The van der Waals surface area contributed by atoms with Gasteiger partial charge in [-0.05, 0) is 57.7 Å². The topological polar surface area (TPSA) is 72.2 Å². The highest BCUT2D eigenvalue weighted by Gasteiger charge is 2.47. The van der Waals surface area contributed by atoms with E-state index < -0.39 is 23.8 Å². The minimum Gasteiger partial charge on any atom is -0.380 e. The second-order valence-electron chi connectivity index (χ2n) is 8.01. The molecule has 2 heterocycles. The van der Waals surface area contributed by atoms with Crippen molar-refractivity contribution in [3.63, 3.8) is 0 Å². The number of nitrogens with zero attached hydrogens (tertiary/aromatic N) is 2. The molecule has 1 aromatic carbocycles. The summed E-state index contributed by atoms with van der Waals surface area (Å²) in [6.07, 6.45) is -0.169. The van der Waals surface area contributed by atoms with Gasteiger partial charge in [-0.1, -0.05) is 0 Å². The van der Waals surface area contributed by atoms with Crippen molar-refractivity contribution in [2.24, 2.45) is 5.92 Å². The monoisotopic (exact) mass is 403 g/mol. The van der Waals surface area contributed by atoms with E-state index in [4.69, 9.17) is 16.0 Å². The van der Waals surface area contributed by atoms with Crippen LogP contribution in [0.1, 0.15) is 33.6 Å². The molecule has 0 bridgehead atoms. The summed E-state index contributed by atoms with van der Waals surface area (Å²) in [6.45, 7) is 13.9. The van der Waals surface area contributed by atoms with Crippen LogP contribution in [-0.4, -0.2) is 49.3 Å². The van der Waals surface area contributed by atoms with E-state index in [1.807, 2.05) is 0 Å². The summed E-state index contributed by atoms with van der Waals surface area (Å²) in [4.78, 5) is 29.8. The first-order valence-corrected chi connectivity index (χ1v) is 9.76. The van der Waals surface area contributed by atoms with Crippen LogP contribution in [0.2, 0.25) is 0 Å². The lowest BCUT2D eigenvalue weighted by Gasteiger charge is -2.34. The normalized spacial score (nSPS) is 24.2. The summed E-state index contributed by atoms with van der Waals surface area (Å²) >= 11 is 0. The van der Waals surface area contributed by atoms with Gasteiger partial charge < -0.3 is 19.7 Å². The van der Waals surface area contributed by atoms with Gasteiger partial charge in [0.25, 0.3) is 5.91 Å². The van der Waals surface area contributed by atoms with Gasteiger partial charge >= 0.3 is 0 Å². The van der Waals surface area contributed by atoms with E-state index in [0.29, 0.717) is 12.2 Å². The van der Waals surface area contributed by atoms with Crippen molar-refractivity contribution in [1.82, 2.24) is 5.32 Å². The van der Waals surface area contributed by atoms with Crippen molar-refractivity contribution in [1.29, 1.82) is 0 Å². The quantitative estimate of drug-likeness (QED) is 0.766. The summed E-state index contributed by atoms with van der Waals surface area (Å²) in [7, 11) is 0. The molecule has 2 aliphatic rings. The van der Waals surface area contributed by atoms with Gasteiger partial charge in [0.15, 0.2) is 23.8 Å². The zero-order chi connectivity index (χ0) is 21.2. The molecule has 29 heavy (non-hydrogen) atoms. The molecular weight excluding hydrogens is 377 g/mol. The molecule has 0 radical (unpaired) electrons. The first-order valence-electron chi connectivity index (χ1n) is 9.76. The molecule has 3 rings (SSSR count). The van der Waals surface area contributed by atoms with Crippen LogP contribution in [0.5, 0.6) is 0 Å². The predicted molar refractivity (Wildman–Crippen MR) is 105 cm³/mol. The number of ketones is 1. The molecular formula is C21H26FN3O4. The Morgan fingerprint density at radius 3 is 2.55 bits per heavy atom. The zero-order valence-corrected chi connectivity index (χ0v) is 16.9. The Morgan fingerprint density at radius 2 is 1.93 bits per heavy atom. The number of amides is 1. The molecule has 0 aromatic heterocycles. The van der Waals surface area contributed by atoms with Crippen LogP contribution in [-0.2, 0) is 19.1 Å². The minimum atomic E-state index is -0.973. The molecule has 1 aromatic rings. The Kier molecular flexibility index (Phi) is 6.20. The van der Waals surface area contributed by atoms with E-state index in [-0.39, 0.29) is 17.6 Å². The highest BCUT2D eigenvalue weighted by atomic mass is 19.1. The number of carbonyl (C=O) groups excluding carboxylic acids is 2. The molecule has 156 valence electrons. The largest absolute Gasteiger partial charge is 0.380 e. The fourth-order valence-electron chi connectivity index (χ4n) is 3.83. The first kappa shape index (κ1) is 21.2. The molecule has 0 aliphatic carbocycles. The number of rotatable bonds is 5. The lowest BCUT2D eigenvalue weighted by Crippen LogP contribution is -2.46. The molecule has 7 nitrogen and oxygen atoms in total. The van der Waals surface area contributed by atoms with Crippen molar-refractivity contribution in [2.45, 2.75) is 51.6 Å². The summed E-state index contributed by atoms with van der Waals surface area (Å²) in [5.74, 6) is -1.69. The molecule has 2 saturated heterocycles. The second-order valence-corrected chi connectivity index (χ2v) is 8.01. The number of benzene rings is 1. The van der Waals surface area contributed by atoms with Gasteiger partial charge in [0.05, 0.1) is 6.57 Å². The van der Waals surface area contributed by atoms with E-state index in [1.165, 1.54) is 19.1 Å². The van der Waals surface area contributed by atoms with Crippen LogP contribution in [0.4, 0.5) is 15.8 Å². The van der Waals surface area contributed by atoms with Crippen LogP contribution in [0.3, 0.4) is 0 Å². The molecule has 2 atom stereocenters. The van der Waals surface area contributed by atoms with E-state index in [9.17, 15) is 14.0 Å². The van der Waals surface area contributed by atoms with Gasteiger partial charge in [-0.2, -0.15) is 0 Å². The molecule has 0 saturated carbocycles. The Balaban J connectivity index is 1.52. The third kappa shape index (κ3) is 4.92. The molecule has 2 aliphatic heterocycles. The first-order chi connectivity index (χ1) is 13.7. The Hall–Kier alpha value is -2.50. The lowest BCUT2D eigenvalue weighted by molar-refractivity contribution is -0.158. The van der Waals surface area contributed by atoms with Gasteiger partial charge in [0.2, 0.25) is 5.69 Å². The Bertz CT molecular complexity index is 828. The summed E-state index contributed by atoms with van der Waals surface area (Å²) in [6, 6.07) is 4.27. The van der Waals surface area contributed by atoms with Crippen molar-refractivity contribution >= 4 is 23.1 Å². The van der Waals surface area contributed by atoms with E-state index in [1.54, 1.807) is 19.9 Å². The van der Waals surface area contributed by atoms with E-state index in [2.05, 4.69) is 15.1 Å². The van der Waals surface area contributed by atoms with Gasteiger partial charge in [-0.15, -0.1) is 0 Å². The van der Waals surface area contributed by atoms with Gasteiger partial charge in [-0.3, -0.25) is 9.59 Å². The standard InChI is InChI=1S/C21H26FN3O4/c1-13(26)18-19(29-21(2,3)28-18)20(27)24-12-14-7-9-25(10-8-14)17-6-5-15(22)11-16(17)23-4/h5-6,11,14,18-19H,7-10,12H2,1-3H3,(H,24,27)/t18-,19+/m0/s1. The van der Waals surface area contributed by atoms with E-state index in [0.717, 1.165) is 31.6 Å². The van der Waals surface area contributed by atoms with Crippen LogP contribution in [0.15, 0.2) is 18.2 Å². The second kappa shape index (κ2) is 8.47.